The van der Waals surface area contributed by atoms with E-state index < -0.39 is 22.7 Å². The van der Waals surface area contributed by atoms with Crippen LogP contribution in [0.25, 0.3) is 0 Å². The van der Waals surface area contributed by atoms with Crippen LogP contribution in [0.5, 0.6) is 0 Å². The normalized spacial score (nSPS) is 9.75. The van der Waals surface area contributed by atoms with Crippen LogP contribution in [0, 0.1) is 10.1 Å². The molecular formula is C17H14N4O6S. The fourth-order valence-corrected chi connectivity index (χ4v) is 2.20. The predicted molar refractivity (Wildman–Crippen MR) is 102 cm³/mol. The number of amides is 2. The lowest BCUT2D eigenvalue weighted by atomic mass is 10.1. The van der Waals surface area contributed by atoms with Crippen LogP contribution in [-0.2, 0) is 4.74 Å². The maximum atomic E-state index is 12.2. The Morgan fingerprint density at radius 3 is 2.21 bits per heavy atom. The molecule has 2 rings (SSSR count). The van der Waals surface area contributed by atoms with Crippen LogP contribution in [0.2, 0.25) is 0 Å². The number of nitrogens with zero attached hydrogens (tertiary/aromatic N) is 1. The fourth-order valence-electron chi connectivity index (χ4n) is 2.06. The van der Waals surface area contributed by atoms with Crippen molar-refractivity contribution in [2.45, 2.75) is 0 Å². The number of nitrogens with one attached hydrogen (secondary N) is 3. The zero-order chi connectivity index (χ0) is 20.7. The van der Waals surface area contributed by atoms with Crippen molar-refractivity contribution >= 4 is 40.8 Å². The highest BCUT2D eigenvalue weighted by molar-refractivity contribution is 7.80. The van der Waals surface area contributed by atoms with E-state index in [4.69, 9.17) is 12.2 Å². The van der Waals surface area contributed by atoms with Crippen molar-refractivity contribution < 1.29 is 24.0 Å². The average Bonchev–Trinajstić information content (AvgIpc) is 2.71. The number of nitro benzene ring substituents is 1. The molecule has 0 saturated carbocycles. The molecular weight excluding hydrogens is 388 g/mol. The number of rotatable bonds is 4. The van der Waals surface area contributed by atoms with Crippen LogP contribution in [0.4, 0.5) is 5.69 Å². The van der Waals surface area contributed by atoms with E-state index in [-0.39, 0.29) is 27.5 Å². The Labute approximate surface area is 164 Å². The van der Waals surface area contributed by atoms with Gasteiger partial charge >= 0.3 is 5.97 Å². The van der Waals surface area contributed by atoms with Crippen molar-refractivity contribution in [1.29, 1.82) is 0 Å². The maximum absolute atomic E-state index is 12.2. The number of carbonyl (C=O) groups is 3. The summed E-state index contributed by atoms with van der Waals surface area (Å²) in [7, 11) is 1.22. The molecule has 0 aliphatic rings. The molecule has 144 valence electrons. The van der Waals surface area contributed by atoms with Gasteiger partial charge in [0.1, 0.15) is 0 Å². The molecule has 0 radical (unpaired) electrons. The molecule has 0 heterocycles. The van der Waals surface area contributed by atoms with Gasteiger partial charge < -0.3 is 4.74 Å². The summed E-state index contributed by atoms with van der Waals surface area (Å²) < 4.78 is 4.58. The van der Waals surface area contributed by atoms with E-state index in [1.807, 2.05) is 0 Å². The van der Waals surface area contributed by atoms with Gasteiger partial charge in [0.05, 0.1) is 17.6 Å². The number of hydrogen-bond donors (Lipinski definition) is 3. The number of non-ortho nitro benzene ring substituents is 1. The van der Waals surface area contributed by atoms with Crippen molar-refractivity contribution in [2.75, 3.05) is 7.11 Å². The van der Waals surface area contributed by atoms with E-state index in [0.29, 0.717) is 0 Å². The summed E-state index contributed by atoms with van der Waals surface area (Å²) in [6, 6.07) is 10.9. The first-order valence-corrected chi connectivity index (χ1v) is 8.07. The molecule has 0 aliphatic heterocycles. The Balaban J connectivity index is 1.94. The topological polar surface area (TPSA) is 140 Å². The number of thiocarbonyl (C=S) groups is 1. The number of nitro groups is 1. The minimum atomic E-state index is -0.687. The summed E-state index contributed by atoms with van der Waals surface area (Å²) in [4.78, 5) is 45.8. The van der Waals surface area contributed by atoms with E-state index in [9.17, 15) is 24.5 Å². The molecule has 0 aliphatic carbocycles. The fraction of sp³-hybridized carbons (Fsp3) is 0.0588. The Morgan fingerprint density at radius 2 is 1.57 bits per heavy atom. The molecule has 2 aromatic rings. The first-order valence-electron chi connectivity index (χ1n) is 7.66. The third kappa shape index (κ3) is 5.32. The van der Waals surface area contributed by atoms with Gasteiger partial charge in [-0.25, -0.2) is 4.79 Å². The SMILES string of the molecule is COC(=O)c1cccc(C(=O)NC(=S)NNC(=O)c2cccc([N+](=O)[O-])c2)c1. The molecule has 0 bridgehead atoms. The Kier molecular flexibility index (Phi) is 6.71. The van der Waals surface area contributed by atoms with Crippen molar-refractivity contribution in [3.05, 3.63) is 75.3 Å². The highest BCUT2D eigenvalue weighted by Crippen LogP contribution is 2.12. The standard InChI is InChI=1S/C17H14N4O6S/c1-27-16(24)12-6-2-4-10(8-12)14(22)18-17(28)20-19-15(23)11-5-3-7-13(9-11)21(25)26/h2-9H,1H3,(H,19,23)(H2,18,20,22,28). The van der Waals surface area contributed by atoms with Crippen LogP contribution in [0.15, 0.2) is 48.5 Å². The third-order valence-electron chi connectivity index (χ3n) is 3.38. The highest BCUT2D eigenvalue weighted by Gasteiger charge is 2.14. The Morgan fingerprint density at radius 1 is 0.964 bits per heavy atom. The molecule has 0 spiro atoms. The van der Waals surface area contributed by atoms with Gasteiger partial charge in [0, 0.05) is 23.3 Å². The largest absolute Gasteiger partial charge is 0.465 e. The quantitative estimate of drug-likeness (QED) is 0.301. The van der Waals surface area contributed by atoms with Gasteiger partial charge in [-0.3, -0.25) is 35.9 Å². The Hall–Kier alpha value is -3.86. The first kappa shape index (κ1) is 20.5. The van der Waals surface area contributed by atoms with E-state index >= 15 is 0 Å². The van der Waals surface area contributed by atoms with Crippen LogP contribution >= 0.6 is 12.2 Å². The second-order valence-electron chi connectivity index (χ2n) is 5.24. The van der Waals surface area contributed by atoms with Gasteiger partial charge in [-0.05, 0) is 36.5 Å². The van der Waals surface area contributed by atoms with Crippen LogP contribution < -0.4 is 16.2 Å². The molecule has 0 aromatic heterocycles. The molecule has 11 heteroatoms. The number of methoxy groups -OCH3 is 1. The first-order chi connectivity index (χ1) is 13.3. The average molecular weight is 402 g/mol. The van der Waals surface area contributed by atoms with Crippen LogP contribution in [0.3, 0.4) is 0 Å². The maximum Gasteiger partial charge on any atom is 0.337 e. The summed E-state index contributed by atoms with van der Waals surface area (Å²) in [6.45, 7) is 0. The van der Waals surface area contributed by atoms with Gasteiger partial charge in [-0.15, -0.1) is 0 Å². The van der Waals surface area contributed by atoms with Crippen molar-refractivity contribution in [3.63, 3.8) is 0 Å². The number of hydrogen-bond acceptors (Lipinski definition) is 7. The number of carbonyl (C=O) groups excluding carboxylic acids is 3. The highest BCUT2D eigenvalue weighted by atomic mass is 32.1. The van der Waals surface area contributed by atoms with Gasteiger partial charge in [-0.2, -0.15) is 0 Å². The van der Waals surface area contributed by atoms with Gasteiger partial charge in [0.2, 0.25) is 0 Å². The minimum Gasteiger partial charge on any atom is -0.465 e. The van der Waals surface area contributed by atoms with E-state index in [1.54, 1.807) is 0 Å². The summed E-state index contributed by atoms with van der Waals surface area (Å²) in [5.41, 5.74) is 4.66. The van der Waals surface area contributed by atoms with Gasteiger partial charge in [0.25, 0.3) is 17.5 Å². The molecule has 28 heavy (non-hydrogen) atoms. The number of esters is 1. The number of benzene rings is 2. The molecule has 0 saturated heterocycles. The summed E-state index contributed by atoms with van der Waals surface area (Å²) >= 11 is 4.92. The summed E-state index contributed by atoms with van der Waals surface area (Å²) in [5.74, 6) is -1.90. The number of ether oxygens (including phenoxy) is 1. The second kappa shape index (κ2) is 9.19. The van der Waals surface area contributed by atoms with Gasteiger partial charge in [-0.1, -0.05) is 12.1 Å². The van der Waals surface area contributed by atoms with Crippen molar-refractivity contribution in [3.8, 4) is 0 Å². The molecule has 10 nitrogen and oxygen atoms in total. The van der Waals surface area contributed by atoms with Crippen molar-refractivity contribution in [2.24, 2.45) is 0 Å². The lowest BCUT2D eigenvalue weighted by Gasteiger charge is -2.11. The minimum absolute atomic E-state index is 0.0293. The molecule has 2 aromatic carbocycles. The summed E-state index contributed by atoms with van der Waals surface area (Å²) in [5, 5.41) is 12.9. The monoisotopic (exact) mass is 402 g/mol. The smallest absolute Gasteiger partial charge is 0.337 e. The van der Waals surface area contributed by atoms with Gasteiger partial charge in [0.15, 0.2) is 5.11 Å². The zero-order valence-electron chi connectivity index (χ0n) is 14.4. The summed E-state index contributed by atoms with van der Waals surface area (Å²) in [6.07, 6.45) is 0. The molecule has 2 amide bonds. The molecule has 3 N–H and O–H groups in total. The second-order valence-corrected chi connectivity index (χ2v) is 5.65. The van der Waals surface area contributed by atoms with E-state index in [2.05, 4.69) is 20.9 Å². The predicted octanol–water partition coefficient (Wildman–Crippen LogP) is 1.33. The Bertz CT molecular complexity index is 962. The third-order valence-corrected chi connectivity index (χ3v) is 3.59. The molecule has 0 fully saturated rings. The zero-order valence-corrected chi connectivity index (χ0v) is 15.2. The van der Waals surface area contributed by atoms with E-state index in [1.165, 1.54) is 49.6 Å². The lowest BCUT2D eigenvalue weighted by molar-refractivity contribution is -0.384. The molecule has 0 atom stereocenters. The van der Waals surface area contributed by atoms with Crippen LogP contribution in [0.1, 0.15) is 31.1 Å². The van der Waals surface area contributed by atoms with E-state index in [0.717, 1.165) is 6.07 Å². The van der Waals surface area contributed by atoms with Crippen molar-refractivity contribution in [1.82, 2.24) is 16.2 Å². The lowest BCUT2D eigenvalue weighted by Crippen LogP contribution is -2.48. The van der Waals surface area contributed by atoms with Crippen LogP contribution in [-0.4, -0.2) is 34.9 Å². The molecule has 0 unspecified atom stereocenters. The number of hydrazine groups is 1.